The lowest BCUT2D eigenvalue weighted by Gasteiger charge is -2.21. The van der Waals surface area contributed by atoms with Crippen LogP contribution in [0.5, 0.6) is 11.6 Å². The zero-order chi connectivity index (χ0) is 25.5. The van der Waals surface area contributed by atoms with Crippen molar-refractivity contribution in [3.63, 3.8) is 0 Å². The van der Waals surface area contributed by atoms with Crippen molar-refractivity contribution in [1.29, 1.82) is 0 Å². The highest BCUT2D eigenvalue weighted by Crippen LogP contribution is 2.37. The molecular formula is C23H17F4N5O3. The van der Waals surface area contributed by atoms with E-state index in [4.69, 9.17) is 10.5 Å². The molecule has 2 N–H and O–H groups in total. The van der Waals surface area contributed by atoms with Crippen LogP contribution in [0.3, 0.4) is 0 Å². The lowest BCUT2D eigenvalue weighted by atomic mass is 10.1. The Morgan fingerprint density at radius 2 is 1.89 bits per heavy atom. The van der Waals surface area contributed by atoms with Crippen LogP contribution >= 0.6 is 0 Å². The Hall–Kier alpha value is -4.48. The van der Waals surface area contributed by atoms with Crippen molar-refractivity contribution in [2.45, 2.75) is 13.1 Å². The molecule has 1 saturated heterocycles. The van der Waals surface area contributed by atoms with Crippen LogP contribution in [-0.4, -0.2) is 28.5 Å². The largest absolute Gasteiger partial charge is 0.439 e. The van der Waals surface area contributed by atoms with E-state index in [1.165, 1.54) is 30.5 Å². The molecule has 4 rings (SSSR count). The first-order chi connectivity index (χ1) is 16.5. The molecular weight excluding hydrogens is 470 g/mol. The summed E-state index contributed by atoms with van der Waals surface area (Å²) in [5, 5.41) is 0. The van der Waals surface area contributed by atoms with Crippen molar-refractivity contribution >= 4 is 34.8 Å². The number of hydrogen-bond acceptors (Lipinski definition) is 6. The number of aromatic nitrogens is 2. The van der Waals surface area contributed by atoms with E-state index in [1.54, 1.807) is 6.92 Å². The second kappa shape index (κ2) is 8.70. The molecule has 0 saturated carbocycles. The van der Waals surface area contributed by atoms with E-state index in [-0.39, 0.29) is 23.2 Å². The Labute approximate surface area is 196 Å². The zero-order valence-corrected chi connectivity index (χ0v) is 18.1. The predicted molar refractivity (Wildman–Crippen MR) is 119 cm³/mol. The lowest BCUT2D eigenvalue weighted by Crippen LogP contribution is -2.33. The van der Waals surface area contributed by atoms with Gasteiger partial charge in [-0.15, -0.1) is 0 Å². The Kier molecular flexibility index (Phi) is 5.89. The molecule has 8 nitrogen and oxygen atoms in total. The Morgan fingerprint density at radius 3 is 2.54 bits per heavy atom. The maximum atomic E-state index is 13.7. The van der Waals surface area contributed by atoms with Crippen molar-refractivity contribution in [3.05, 3.63) is 72.2 Å². The third-order valence-corrected chi connectivity index (χ3v) is 5.07. The number of urea groups is 1. The molecule has 12 heteroatoms. The average molecular weight is 487 g/mol. The smallest absolute Gasteiger partial charge is 0.419 e. The predicted octanol–water partition coefficient (Wildman–Crippen LogP) is 5.02. The fraction of sp³-hybridized carbons (Fsp3) is 0.130. The van der Waals surface area contributed by atoms with Gasteiger partial charge in [0.05, 0.1) is 11.3 Å². The van der Waals surface area contributed by atoms with E-state index in [0.29, 0.717) is 29.0 Å². The summed E-state index contributed by atoms with van der Waals surface area (Å²) < 4.78 is 58.7. The number of imide groups is 1. The minimum Gasteiger partial charge on any atom is -0.439 e. The summed E-state index contributed by atoms with van der Waals surface area (Å²) in [6.45, 7) is 4.98. The monoisotopic (exact) mass is 487 g/mol. The fourth-order valence-corrected chi connectivity index (χ4v) is 3.49. The molecule has 2 aromatic carbocycles. The van der Waals surface area contributed by atoms with Crippen LogP contribution in [0.15, 0.2) is 55.2 Å². The van der Waals surface area contributed by atoms with Crippen LogP contribution in [-0.2, 0) is 11.0 Å². The number of alkyl halides is 3. The number of ether oxygens (including phenoxy) is 1. The van der Waals surface area contributed by atoms with E-state index in [1.807, 2.05) is 0 Å². The van der Waals surface area contributed by atoms with Gasteiger partial charge in [-0.3, -0.25) is 9.69 Å². The highest BCUT2D eigenvalue weighted by Gasteiger charge is 2.41. The summed E-state index contributed by atoms with van der Waals surface area (Å²) in [6.07, 6.45) is -3.56. The van der Waals surface area contributed by atoms with Crippen LogP contribution < -0.4 is 20.3 Å². The molecule has 180 valence electrons. The molecule has 35 heavy (non-hydrogen) atoms. The number of nitrogens with two attached hydrogens (primary N) is 1. The highest BCUT2D eigenvalue weighted by atomic mass is 19.4. The first-order valence-electron chi connectivity index (χ1n) is 10.0. The summed E-state index contributed by atoms with van der Waals surface area (Å²) in [4.78, 5) is 35.3. The number of nitrogen functional groups attached to an aromatic ring is 1. The minimum atomic E-state index is -4.97. The molecule has 0 aliphatic carbocycles. The topological polar surface area (TPSA) is 102 Å². The quantitative estimate of drug-likeness (QED) is 0.401. The zero-order valence-electron chi connectivity index (χ0n) is 18.1. The summed E-state index contributed by atoms with van der Waals surface area (Å²) in [5.74, 6) is -1.71. The molecule has 0 bridgehead atoms. The molecule has 2 heterocycles. The SMILES string of the molecule is C=C(C)c1cc(Oc2ccnc(N)n2)ccc1N1C(=O)CN(c2ccc(F)c(C(F)(F)F)c2)C1=O. The highest BCUT2D eigenvalue weighted by molar-refractivity contribution is 6.27. The number of halogens is 4. The van der Waals surface area contributed by atoms with Gasteiger partial charge in [-0.1, -0.05) is 6.58 Å². The molecule has 1 aliphatic rings. The van der Waals surface area contributed by atoms with Crippen LogP contribution in [0.25, 0.3) is 5.57 Å². The number of anilines is 3. The van der Waals surface area contributed by atoms with Crippen LogP contribution in [0.4, 0.5) is 39.7 Å². The van der Waals surface area contributed by atoms with Gasteiger partial charge in [0.2, 0.25) is 11.8 Å². The van der Waals surface area contributed by atoms with Gasteiger partial charge in [0.1, 0.15) is 18.1 Å². The second-order valence-corrected chi connectivity index (χ2v) is 7.57. The second-order valence-electron chi connectivity index (χ2n) is 7.57. The number of allylic oxidation sites excluding steroid dienone is 1. The molecule has 3 aromatic rings. The summed E-state index contributed by atoms with van der Waals surface area (Å²) in [6, 6.07) is 7.13. The van der Waals surface area contributed by atoms with Gasteiger partial charge in [0.15, 0.2) is 0 Å². The number of benzene rings is 2. The Morgan fingerprint density at radius 1 is 1.14 bits per heavy atom. The number of rotatable bonds is 5. The third kappa shape index (κ3) is 4.63. The molecule has 1 fully saturated rings. The van der Waals surface area contributed by atoms with Gasteiger partial charge in [-0.05, 0) is 48.9 Å². The summed E-state index contributed by atoms with van der Waals surface area (Å²) in [7, 11) is 0. The number of carbonyl (C=O) groups is 2. The minimum absolute atomic E-state index is 0.00192. The standard InChI is InChI=1S/C23H17F4N5O3/c1-12(2)15-10-14(35-19-7-8-29-21(28)30-19)4-6-18(15)32-20(33)11-31(22(32)34)13-3-5-17(24)16(9-13)23(25,26)27/h3-10H,1,11H2,2H3,(H2,28,29,30). The van der Waals surface area contributed by atoms with Crippen LogP contribution in [0, 0.1) is 5.82 Å². The normalized spacial score (nSPS) is 14.0. The van der Waals surface area contributed by atoms with E-state index in [9.17, 15) is 27.2 Å². The van der Waals surface area contributed by atoms with E-state index in [0.717, 1.165) is 15.9 Å². The van der Waals surface area contributed by atoms with Gasteiger partial charge >= 0.3 is 12.2 Å². The van der Waals surface area contributed by atoms with Gasteiger partial charge in [-0.2, -0.15) is 18.2 Å². The van der Waals surface area contributed by atoms with Crippen LogP contribution in [0.2, 0.25) is 0 Å². The maximum Gasteiger partial charge on any atom is 0.419 e. The van der Waals surface area contributed by atoms with Gasteiger partial charge in [0.25, 0.3) is 5.91 Å². The van der Waals surface area contributed by atoms with E-state index in [2.05, 4.69) is 16.5 Å². The van der Waals surface area contributed by atoms with Gasteiger partial charge < -0.3 is 10.5 Å². The Balaban J connectivity index is 1.68. The summed E-state index contributed by atoms with van der Waals surface area (Å²) >= 11 is 0. The van der Waals surface area contributed by atoms with Crippen molar-refractivity contribution in [2.75, 3.05) is 22.1 Å². The number of nitrogens with zero attached hydrogens (tertiary/aromatic N) is 4. The van der Waals surface area contributed by atoms with Crippen LogP contribution in [0.1, 0.15) is 18.1 Å². The van der Waals surface area contributed by atoms with Crippen molar-refractivity contribution in [3.8, 4) is 11.6 Å². The molecule has 0 spiro atoms. The molecule has 0 atom stereocenters. The fourth-order valence-electron chi connectivity index (χ4n) is 3.49. The average Bonchev–Trinajstić information content (AvgIpc) is 3.07. The van der Waals surface area contributed by atoms with Crippen molar-refractivity contribution in [2.24, 2.45) is 0 Å². The maximum absolute atomic E-state index is 13.7. The van der Waals surface area contributed by atoms with Gasteiger partial charge in [0, 0.05) is 23.5 Å². The molecule has 1 aromatic heterocycles. The number of carbonyl (C=O) groups excluding carboxylic acids is 2. The summed E-state index contributed by atoms with van der Waals surface area (Å²) in [5.41, 5.74) is 4.75. The first-order valence-corrected chi connectivity index (χ1v) is 10.0. The van der Waals surface area contributed by atoms with E-state index >= 15 is 0 Å². The van der Waals surface area contributed by atoms with Gasteiger partial charge in [-0.25, -0.2) is 19.1 Å². The lowest BCUT2D eigenvalue weighted by molar-refractivity contribution is -0.139. The van der Waals surface area contributed by atoms with Crippen molar-refractivity contribution in [1.82, 2.24) is 9.97 Å². The first kappa shape index (κ1) is 23.7. The molecule has 0 radical (unpaired) electrons. The molecule has 1 aliphatic heterocycles. The third-order valence-electron chi connectivity index (χ3n) is 5.07. The van der Waals surface area contributed by atoms with Crippen molar-refractivity contribution < 1.29 is 31.9 Å². The Bertz CT molecular complexity index is 1360. The number of hydrogen-bond donors (Lipinski definition) is 1. The molecule has 3 amide bonds. The van der Waals surface area contributed by atoms with E-state index < -0.39 is 36.0 Å². The number of amides is 3. The molecule has 0 unspecified atom stereocenters.